The van der Waals surface area contributed by atoms with E-state index < -0.39 is 0 Å². The van der Waals surface area contributed by atoms with Gasteiger partial charge in [-0.2, -0.15) is 0 Å². The number of halogens is 1. The van der Waals surface area contributed by atoms with Gasteiger partial charge in [0.15, 0.2) is 6.29 Å². The summed E-state index contributed by atoms with van der Waals surface area (Å²) in [4.78, 5) is 13.0. The number of alkyl halides is 1. The Morgan fingerprint density at radius 1 is 1.43 bits per heavy atom. The molecule has 5 heteroatoms. The van der Waals surface area contributed by atoms with Gasteiger partial charge in [-0.3, -0.25) is 4.79 Å². The molecule has 0 atom stereocenters. The average molecular weight is 224 g/mol. The van der Waals surface area contributed by atoms with Gasteiger partial charge in [0.1, 0.15) is 5.88 Å². The number of ether oxygens (including phenoxy) is 2. The number of hydrogen-bond donors (Lipinski definition) is 0. The summed E-state index contributed by atoms with van der Waals surface area (Å²) in [7, 11) is 3.09. The van der Waals surface area contributed by atoms with Crippen LogP contribution >= 0.6 is 11.6 Å². The monoisotopic (exact) mass is 223 g/mol. The standard InChI is InChI=1S/C9H18ClNO3/c1-4-5-11(8(12)6-10)7-9(13-2)14-3/h9H,4-7H2,1-3H3. The molecule has 84 valence electrons. The quantitative estimate of drug-likeness (QED) is 0.479. The zero-order valence-electron chi connectivity index (χ0n) is 8.96. The molecule has 0 saturated heterocycles. The lowest BCUT2D eigenvalue weighted by atomic mass is 10.4. The molecule has 1 amide bonds. The van der Waals surface area contributed by atoms with Gasteiger partial charge < -0.3 is 14.4 Å². The van der Waals surface area contributed by atoms with Gasteiger partial charge in [0, 0.05) is 20.8 Å². The third kappa shape index (κ3) is 4.79. The van der Waals surface area contributed by atoms with E-state index in [2.05, 4.69) is 0 Å². The van der Waals surface area contributed by atoms with E-state index in [-0.39, 0.29) is 18.1 Å². The minimum Gasteiger partial charge on any atom is -0.354 e. The molecule has 0 aliphatic rings. The molecule has 0 aromatic heterocycles. The van der Waals surface area contributed by atoms with Gasteiger partial charge in [0.05, 0.1) is 6.54 Å². The molecule has 0 spiro atoms. The average Bonchev–Trinajstić information content (AvgIpc) is 2.23. The lowest BCUT2D eigenvalue weighted by molar-refractivity contribution is -0.143. The molecule has 0 saturated carbocycles. The molecule has 0 bridgehead atoms. The van der Waals surface area contributed by atoms with Crippen molar-refractivity contribution in [3.05, 3.63) is 0 Å². The number of carbonyl (C=O) groups excluding carboxylic acids is 1. The summed E-state index contributed by atoms with van der Waals surface area (Å²) in [6, 6.07) is 0. The predicted molar refractivity (Wildman–Crippen MR) is 55.4 cm³/mol. The molecular formula is C9H18ClNO3. The van der Waals surface area contributed by atoms with Gasteiger partial charge in [-0.1, -0.05) is 6.92 Å². The largest absolute Gasteiger partial charge is 0.354 e. The van der Waals surface area contributed by atoms with Crippen LogP contribution in [-0.4, -0.2) is 50.3 Å². The maximum atomic E-state index is 11.4. The molecule has 0 N–H and O–H groups in total. The van der Waals surface area contributed by atoms with Crippen molar-refractivity contribution >= 4 is 17.5 Å². The lowest BCUT2D eigenvalue weighted by Crippen LogP contribution is -2.40. The second-order valence-electron chi connectivity index (χ2n) is 2.87. The van der Waals surface area contributed by atoms with Crippen molar-refractivity contribution in [3.8, 4) is 0 Å². The summed E-state index contributed by atoms with van der Waals surface area (Å²) in [5.41, 5.74) is 0. The highest BCUT2D eigenvalue weighted by molar-refractivity contribution is 6.27. The Bertz CT molecular complexity index is 162. The molecule has 0 unspecified atom stereocenters. The first-order valence-electron chi connectivity index (χ1n) is 4.58. The van der Waals surface area contributed by atoms with Crippen LogP contribution in [0, 0.1) is 0 Å². The SMILES string of the molecule is CCCN(CC(OC)OC)C(=O)CCl. The zero-order chi connectivity index (χ0) is 11.0. The van der Waals surface area contributed by atoms with E-state index in [0.717, 1.165) is 6.42 Å². The smallest absolute Gasteiger partial charge is 0.237 e. The first kappa shape index (κ1) is 13.7. The van der Waals surface area contributed by atoms with Gasteiger partial charge in [0.25, 0.3) is 0 Å². The highest BCUT2D eigenvalue weighted by Gasteiger charge is 2.16. The van der Waals surface area contributed by atoms with Crippen molar-refractivity contribution in [3.63, 3.8) is 0 Å². The third-order valence-electron chi connectivity index (χ3n) is 1.86. The summed E-state index contributed by atoms with van der Waals surface area (Å²) in [6.45, 7) is 3.10. The van der Waals surface area contributed by atoms with Crippen LogP contribution in [0.2, 0.25) is 0 Å². The Labute approximate surface area is 90.1 Å². The first-order chi connectivity index (χ1) is 6.69. The first-order valence-corrected chi connectivity index (χ1v) is 5.12. The van der Waals surface area contributed by atoms with E-state index in [1.54, 1.807) is 19.1 Å². The normalized spacial score (nSPS) is 10.6. The van der Waals surface area contributed by atoms with Crippen molar-refractivity contribution in [2.24, 2.45) is 0 Å². The van der Waals surface area contributed by atoms with Crippen molar-refractivity contribution in [1.82, 2.24) is 4.90 Å². The fourth-order valence-electron chi connectivity index (χ4n) is 1.10. The van der Waals surface area contributed by atoms with E-state index >= 15 is 0 Å². The summed E-state index contributed by atoms with van der Waals surface area (Å²) >= 11 is 5.48. The molecule has 0 aliphatic heterocycles. The molecule has 4 nitrogen and oxygen atoms in total. The maximum absolute atomic E-state index is 11.4. The van der Waals surface area contributed by atoms with E-state index in [4.69, 9.17) is 21.1 Å². The summed E-state index contributed by atoms with van der Waals surface area (Å²) in [5, 5.41) is 0. The minimum absolute atomic E-state index is 0.000147. The second-order valence-corrected chi connectivity index (χ2v) is 3.14. The summed E-state index contributed by atoms with van der Waals surface area (Å²) < 4.78 is 10.0. The lowest BCUT2D eigenvalue weighted by Gasteiger charge is -2.25. The molecule has 0 heterocycles. The summed E-state index contributed by atoms with van der Waals surface area (Å²) in [5.74, 6) is -0.0900. The van der Waals surface area contributed by atoms with Crippen LogP contribution in [0.5, 0.6) is 0 Å². The molecule has 0 rings (SSSR count). The summed E-state index contributed by atoms with van der Waals surface area (Å²) in [6.07, 6.45) is 0.511. The minimum atomic E-state index is -0.381. The Kier molecular flexibility index (Phi) is 7.84. The Morgan fingerprint density at radius 3 is 2.36 bits per heavy atom. The fourth-order valence-corrected chi connectivity index (χ4v) is 1.27. The number of hydrogen-bond acceptors (Lipinski definition) is 3. The zero-order valence-corrected chi connectivity index (χ0v) is 9.71. The number of nitrogens with zero attached hydrogens (tertiary/aromatic N) is 1. The highest BCUT2D eigenvalue weighted by atomic mass is 35.5. The molecular weight excluding hydrogens is 206 g/mol. The van der Waals surface area contributed by atoms with Crippen LogP contribution < -0.4 is 0 Å². The van der Waals surface area contributed by atoms with Gasteiger partial charge in [-0.25, -0.2) is 0 Å². The molecule has 0 radical (unpaired) electrons. The van der Waals surface area contributed by atoms with Crippen LogP contribution in [0.4, 0.5) is 0 Å². The fraction of sp³-hybridized carbons (Fsp3) is 0.889. The van der Waals surface area contributed by atoms with Crippen LogP contribution in [0.1, 0.15) is 13.3 Å². The number of methoxy groups -OCH3 is 2. The van der Waals surface area contributed by atoms with Crippen molar-refractivity contribution in [2.45, 2.75) is 19.6 Å². The molecule has 0 aromatic carbocycles. The van der Waals surface area contributed by atoms with Gasteiger partial charge in [-0.15, -0.1) is 11.6 Å². The van der Waals surface area contributed by atoms with Gasteiger partial charge in [-0.05, 0) is 6.42 Å². The van der Waals surface area contributed by atoms with E-state index in [1.165, 1.54) is 0 Å². The van der Waals surface area contributed by atoms with E-state index in [0.29, 0.717) is 13.1 Å². The number of rotatable bonds is 7. The molecule has 0 fully saturated rings. The van der Waals surface area contributed by atoms with Crippen LogP contribution in [0.15, 0.2) is 0 Å². The number of amides is 1. The topological polar surface area (TPSA) is 38.8 Å². The highest BCUT2D eigenvalue weighted by Crippen LogP contribution is 2.00. The number of carbonyl (C=O) groups is 1. The molecule has 14 heavy (non-hydrogen) atoms. The van der Waals surface area contributed by atoms with E-state index in [9.17, 15) is 4.79 Å². The second kappa shape index (κ2) is 8.03. The van der Waals surface area contributed by atoms with Gasteiger partial charge >= 0.3 is 0 Å². The maximum Gasteiger partial charge on any atom is 0.237 e. The van der Waals surface area contributed by atoms with Crippen molar-refractivity contribution < 1.29 is 14.3 Å². The molecule has 0 aliphatic carbocycles. The van der Waals surface area contributed by atoms with Crippen LogP contribution in [-0.2, 0) is 14.3 Å². The Morgan fingerprint density at radius 2 is 2.00 bits per heavy atom. The van der Waals surface area contributed by atoms with E-state index in [1.807, 2.05) is 6.92 Å². The third-order valence-corrected chi connectivity index (χ3v) is 2.08. The Balaban J connectivity index is 4.12. The van der Waals surface area contributed by atoms with Crippen molar-refractivity contribution in [1.29, 1.82) is 0 Å². The van der Waals surface area contributed by atoms with Gasteiger partial charge in [0.2, 0.25) is 5.91 Å². The van der Waals surface area contributed by atoms with Crippen LogP contribution in [0.25, 0.3) is 0 Å². The Hall–Kier alpha value is -0.320. The van der Waals surface area contributed by atoms with Crippen LogP contribution in [0.3, 0.4) is 0 Å². The van der Waals surface area contributed by atoms with Crippen molar-refractivity contribution in [2.75, 3.05) is 33.2 Å². The predicted octanol–water partition coefficient (Wildman–Crippen LogP) is 1.08. The molecule has 0 aromatic rings.